The van der Waals surface area contributed by atoms with Crippen LogP contribution in [0.1, 0.15) is 28.1 Å². The first kappa shape index (κ1) is 19.4. The molecule has 0 saturated heterocycles. The third-order valence-electron chi connectivity index (χ3n) is 4.46. The normalized spacial score (nSPS) is 17.1. The van der Waals surface area contributed by atoms with Crippen LogP contribution in [0.5, 0.6) is 0 Å². The van der Waals surface area contributed by atoms with Gasteiger partial charge in [0.2, 0.25) is 0 Å². The molecule has 3 heteroatoms. The second-order valence-electron chi connectivity index (χ2n) is 5.96. The van der Waals surface area contributed by atoms with Crippen LogP contribution in [0.4, 0.5) is 0 Å². The van der Waals surface area contributed by atoms with E-state index in [0.29, 0.717) is 3.63 Å². The second kappa shape index (κ2) is 8.48. The van der Waals surface area contributed by atoms with Gasteiger partial charge in [-0.1, -0.05) is 0 Å². The molecule has 0 amide bonds. The Morgan fingerprint density at radius 2 is 1.75 bits per heavy atom. The van der Waals surface area contributed by atoms with E-state index in [1.807, 2.05) is 0 Å². The topological polar surface area (TPSA) is 0 Å². The van der Waals surface area contributed by atoms with Crippen LogP contribution in [0.2, 0.25) is 0 Å². The molecule has 0 radical (unpaired) electrons. The summed E-state index contributed by atoms with van der Waals surface area (Å²) in [6.07, 6.45) is 10.5. The summed E-state index contributed by atoms with van der Waals surface area (Å²) in [4.78, 5) is 0. The zero-order chi connectivity index (χ0) is 14.9. The average molecular weight is 433 g/mol. The van der Waals surface area contributed by atoms with Gasteiger partial charge in [-0.05, 0) is 0 Å². The van der Waals surface area contributed by atoms with E-state index >= 15 is 0 Å². The minimum Gasteiger partial charge on any atom is -1.00 e. The van der Waals surface area contributed by atoms with Gasteiger partial charge in [0.05, 0.1) is 0 Å². The van der Waals surface area contributed by atoms with Gasteiger partial charge in [0, 0.05) is 0 Å². The van der Waals surface area contributed by atoms with E-state index in [-0.39, 0.29) is 24.8 Å². The Hall–Kier alpha value is -0.877. The molecule has 0 N–H and O–H groups in total. The molecular weight excluding hydrogens is 414 g/mol. The van der Waals surface area contributed by atoms with Crippen LogP contribution in [-0.4, -0.2) is 0 Å². The number of benzene rings is 2. The zero-order valence-electron chi connectivity index (χ0n) is 13.5. The summed E-state index contributed by atoms with van der Waals surface area (Å²) in [7, 11) is 0. The molecule has 4 rings (SSSR count). The maximum Gasteiger partial charge on any atom is -1.00 e. The van der Waals surface area contributed by atoms with Crippen LogP contribution in [0, 0.1) is 0 Å². The molecule has 0 fully saturated rings. The van der Waals surface area contributed by atoms with Gasteiger partial charge in [-0.25, -0.2) is 0 Å². The maximum absolute atomic E-state index is 2.44. The number of hydrogen-bond donors (Lipinski definition) is 0. The van der Waals surface area contributed by atoms with E-state index in [2.05, 4.69) is 79.8 Å². The SMILES string of the molecule is CC1=Cc2c(-c3ccccc3)cccc2[CH]1[Zr+2][C]1=CC=CC1.[Cl-].[Cl-]. The van der Waals surface area contributed by atoms with Crippen LogP contribution in [0.15, 0.2) is 75.6 Å². The van der Waals surface area contributed by atoms with Crippen molar-refractivity contribution in [2.75, 3.05) is 0 Å². The van der Waals surface area contributed by atoms with E-state index in [1.54, 1.807) is 14.4 Å². The van der Waals surface area contributed by atoms with Crippen LogP contribution in [-0.2, 0) is 23.2 Å². The van der Waals surface area contributed by atoms with Crippen molar-refractivity contribution in [3.8, 4) is 11.1 Å². The minimum atomic E-state index is -0.573. The molecule has 1 unspecified atom stereocenters. The summed E-state index contributed by atoms with van der Waals surface area (Å²) in [6, 6.07) is 17.6. The average Bonchev–Trinajstić information content (AvgIpc) is 3.17. The van der Waals surface area contributed by atoms with Crippen LogP contribution in [0.25, 0.3) is 17.2 Å². The Bertz CT molecular complexity index is 804. The molecule has 2 aliphatic rings. The first-order valence-electron chi connectivity index (χ1n) is 7.82. The first-order valence-corrected chi connectivity index (χ1v) is 10.5. The number of hydrogen-bond acceptors (Lipinski definition) is 0. The van der Waals surface area contributed by atoms with Crippen LogP contribution in [0.3, 0.4) is 0 Å². The van der Waals surface area contributed by atoms with Crippen molar-refractivity contribution in [1.82, 2.24) is 0 Å². The zero-order valence-corrected chi connectivity index (χ0v) is 17.4. The molecule has 1 atom stereocenters. The maximum atomic E-state index is 2.44. The summed E-state index contributed by atoms with van der Waals surface area (Å²) in [5.74, 6) is 0. The summed E-state index contributed by atoms with van der Waals surface area (Å²) in [6.45, 7) is 2.32. The molecule has 0 nitrogen and oxygen atoms in total. The van der Waals surface area contributed by atoms with Gasteiger partial charge in [-0.3, -0.25) is 0 Å². The van der Waals surface area contributed by atoms with Crippen molar-refractivity contribution in [1.29, 1.82) is 0 Å². The van der Waals surface area contributed by atoms with Gasteiger partial charge in [-0.15, -0.1) is 0 Å². The quantitative estimate of drug-likeness (QED) is 0.628. The summed E-state index contributed by atoms with van der Waals surface area (Å²) < 4.78 is 2.44. The molecule has 2 aromatic carbocycles. The van der Waals surface area contributed by atoms with Gasteiger partial charge in [0.15, 0.2) is 0 Å². The van der Waals surface area contributed by atoms with Crippen molar-refractivity contribution in [3.63, 3.8) is 0 Å². The van der Waals surface area contributed by atoms with E-state index in [0.717, 1.165) is 0 Å². The standard InChI is InChI=1S/C16H13.C5H5.2ClH.Zr/c1-12-10-14-8-5-9-15(16(14)11-12)13-6-3-2-4-7-13;1-2-4-5-3-1;;;/h2-11H,1H3;1-3H,4H2;2*1H;/q;;;;+2/p-2. The Labute approximate surface area is 168 Å². The van der Waals surface area contributed by atoms with E-state index in [4.69, 9.17) is 0 Å². The molecule has 0 heterocycles. The van der Waals surface area contributed by atoms with E-state index in [1.165, 1.54) is 23.1 Å². The Balaban J connectivity index is 0.00000104. The molecule has 2 aliphatic carbocycles. The number of allylic oxidation sites excluding steroid dienone is 5. The summed E-state index contributed by atoms with van der Waals surface area (Å²) in [5.41, 5.74) is 7.31. The molecular formula is C21H18Cl2Zr. The van der Waals surface area contributed by atoms with Gasteiger partial charge in [0.25, 0.3) is 0 Å². The van der Waals surface area contributed by atoms with Crippen molar-refractivity contribution in [2.24, 2.45) is 0 Å². The van der Waals surface area contributed by atoms with Gasteiger partial charge in [-0.2, -0.15) is 0 Å². The fourth-order valence-electron chi connectivity index (χ4n) is 3.35. The fourth-order valence-corrected chi connectivity index (χ4v) is 7.08. The molecule has 0 spiro atoms. The summed E-state index contributed by atoms with van der Waals surface area (Å²) >= 11 is -0.573. The number of fused-ring (bicyclic) bond motifs is 1. The van der Waals surface area contributed by atoms with Crippen molar-refractivity contribution < 1.29 is 48.0 Å². The van der Waals surface area contributed by atoms with Gasteiger partial charge >= 0.3 is 144 Å². The fraction of sp³-hybridized carbons (Fsp3) is 0.143. The largest absolute Gasteiger partial charge is 1.00 e. The predicted molar refractivity (Wildman–Crippen MR) is 90.1 cm³/mol. The smallest absolute Gasteiger partial charge is 1.00 e. The van der Waals surface area contributed by atoms with Crippen molar-refractivity contribution >= 4 is 6.08 Å². The van der Waals surface area contributed by atoms with Crippen molar-refractivity contribution in [3.05, 3.63) is 86.7 Å². The first-order chi connectivity index (χ1) is 10.8. The molecule has 2 aromatic rings. The van der Waals surface area contributed by atoms with E-state index in [9.17, 15) is 0 Å². The summed E-state index contributed by atoms with van der Waals surface area (Å²) in [5, 5.41) is 0. The molecule has 0 aromatic heterocycles. The Morgan fingerprint density at radius 3 is 2.46 bits per heavy atom. The molecule has 120 valence electrons. The number of rotatable bonds is 3. The minimum absolute atomic E-state index is 0. The van der Waals surface area contributed by atoms with Crippen LogP contribution < -0.4 is 24.8 Å². The van der Waals surface area contributed by atoms with Crippen molar-refractivity contribution in [2.45, 2.75) is 17.0 Å². The molecule has 24 heavy (non-hydrogen) atoms. The molecule has 0 bridgehead atoms. The predicted octanol–water partition coefficient (Wildman–Crippen LogP) is -0.254. The monoisotopic (exact) mass is 430 g/mol. The number of halogens is 2. The van der Waals surface area contributed by atoms with Gasteiger partial charge in [0.1, 0.15) is 0 Å². The molecule has 0 aliphatic heterocycles. The third kappa shape index (κ3) is 3.69. The Morgan fingerprint density at radius 1 is 0.958 bits per heavy atom. The molecule has 0 saturated carbocycles. The van der Waals surface area contributed by atoms with Crippen LogP contribution >= 0.6 is 0 Å². The van der Waals surface area contributed by atoms with Gasteiger partial charge < -0.3 is 24.8 Å². The second-order valence-corrected chi connectivity index (χ2v) is 9.67. The Kier molecular flexibility index (Phi) is 6.87. The third-order valence-corrected chi connectivity index (χ3v) is 8.88. The van der Waals surface area contributed by atoms with E-state index < -0.39 is 23.2 Å².